The lowest BCUT2D eigenvalue weighted by molar-refractivity contribution is -0.137. The van der Waals surface area contributed by atoms with Crippen molar-refractivity contribution in [1.82, 2.24) is 10.3 Å². The summed E-state index contributed by atoms with van der Waals surface area (Å²) < 4.78 is 4.91. The van der Waals surface area contributed by atoms with E-state index >= 15 is 0 Å². The van der Waals surface area contributed by atoms with Gasteiger partial charge in [0.15, 0.2) is 11.4 Å². The molecule has 0 spiro atoms. The van der Waals surface area contributed by atoms with Crippen molar-refractivity contribution in [1.29, 1.82) is 0 Å². The second kappa shape index (κ2) is 5.17. The Labute approximate surface area is 119 Å². The average molecular weight is 290 g/mol. The topological polar surface area (TPSA) is 112 Å². The number of oxazole rings is 1. The van der Waals surface area contributed by atoms with Crippen molar-refractivity contribution in [2.24, 2.45) is 0 Å². The molecule has 1 aliphatic rings. The zero-order valence-electron chi connectivity index (χ0n) is 11.1. The van der Waals surface area contributed by atoms with Crippen LogP contribution in [0.4, 0.5) is 0 Å². The summed E-state index contributed by atoms with van der Waals surface area (Å²) in [5, 5.41) is 12.0. The largest absolute Gasteiger partial charge is 0.481 e. The van der Waals surface area contributed by atoms with E-state index in [9.17, 15) is 14.4 Å². The lowest BCUT2D eigenvalue weighted by Gasteiger charge is -2.15. The van der Waals surface area contributed by atoms with E-state index in [0.29, 0.717) is 11.1 Å². The van der Waals surface area contributed by atoms with E-state index < -0.39 is 17.8 Å². The highest BCUT2D eigenvalue weighted by Crippen LogP contribution is 2.22. The summed E-state index contributed by atoms with van der Waals surface area (Å²) in [6.45, 7) is 0. The summed E-state index contributed by atoms with van der Waals surface area (Å²) in [6.07, 6.45) is 1.63. The lowest BCUT2D eigenvalue weighted by Crippen LogP contribution is -2.40. The average Bonchev–Trinajstić information content (AvgIpc) is 3.15. The number of aliphatic carboxylic acids is 1. The number of carbonyl (C=O) groups is 2. The highest BCUT2D eigenvalue weighted by molar-refractivity contribution is 6.03. The molecule has 0 aliphatic heterocycles. The fraction of sp³-hybridized carbons (Fsp3) is 0.357. The third kappa shape index (κ3) is 3.03. The van der Waals surface area contributed by atoms with E-state index in [1.54, 1.807) is 12.1 Å². The molecule has 7 nitrogen and oxygen atoms in total. The van der Waals surface area contributed by atoms with Crippen molar-refractivity contribution in [3.8, 4) is 0 Å². The normalized spacial score (nSPS) is 16.0. The molecular weight excluding hydrogens is 276 g/mol. The first-order valence-corrected chi connectivity index (χ1v) is 6.68. The number of nitrogens with one attached hydrogen (secondary N) is 2. The van der Waals surface area contributed by atoms with Gasteiger partial charge in [0.05, 0.1) is 18.0 Å². The van der Waals surface area contributed by atoms with Gasteiger partial charge in [0.25, 0.3) is 0 Å². The van der Waals surface area contributed by atoms with E-state index in [1.165, 1.54) is 6.07 Å². The second-order valence-electron chi connectivity index (χ2n) is 5.18. The Balaban J connectivity index is 1.87. The van der Waals surface area contributed by atoms with Gasteiger partial charge in [-0.2, -0.15) is 0 Å². The highest BCUT2D eigenvalue weighted by Gasteiger charge is 2.30. The van der Waals surface area contributed by atoms with Gasteiger partial charge in [0.2, 0.25) is 0 Å². The van der Waals surface area contributed by atoms with Crippen LogP contribution in [0.3, 0.4) is 0 Å². The number of rotatable bonds is 6. The summed E-state index contributed by atoms with van der Waals surface area (Å²) in [6, 6.07) is 4.03. The molecule has 110 valence electrons. The minimum Gasteiger partial charge on any atom is -0.481 e. The van der Waals surface area contributed by atoms with Crippen molar-refractivity contribution in [2.45, 2.75) is 31.3 Å². The maximum atomic E-state index is 12.4. The van der Waals surface area contributed by atoms with Crippen molar-refractivity contribution in [2.75, 3.05) is 0 Å². The molecule has 3 rings (SSSR count). The molecule has 1 aromatic heterocycles. The third-order valence-electron chi connectivity index (χ3n) is 3.41. The molecule has 1 unspecified atom stereocenters. The number of benzene rings is 1. The number of hydrogen-bond donors (Lipinski definition) is 3. The van der Waals surface area contributed by atoms with Crippen LogP contribution in [0.15, 0.2) is 27.4 Å². The van der Waals surface area contributed by atoms with Crippen LogP contribution in [-0.2, 0) is 4.79 Å². The molecule has 2 aromatic rings. The predicted octanol–water partition coefficient (Wildman–Crippen LogP) is 0.899. The van der Waals surface area contributed by atoms with Gasteiger partial charge in [-0.25, -0.2) is 4.79 Å². The van der Waals surface area contributed by atoms with Crippen molar-refractivity contribution < 1.29 is 19.1 Å². The van der Waals surface area contributed by atoms with Gasteiger partial charge in [-0.15, -0.1) is 0 Å². The predicted molar refractivity (Wildman–Crippen MR) is 73.4 cm³/mol. The number of H-pyrrole nitrogens is 1. The van der Waals surface area contributed by atoms with Crippen LogP contribution in [0.1, 0.15) is 29.6 Å². The van der Waals surface area contributed by atoms with Crippen LogP contribution < -0.4 is 11.1 Å². The minimum atomic E-state index is -1.03. The number of aromatic amines is 1. The van der Waals surface area contributed by atoms with Crippen LogP contribution in [0, 0.1) is 0 Å². The van der Waals surface area contributed by atoms with Crippen molar-refractivity contribution >= 4 is 22.9 Å². The Bertz CT molecular complexity index is 756. The van der Waals surface area contributed by atoms with Gasteiger partial charge >= 0.3 is 11.7 Å². The fourth-order valence-corrected chi connectivity index (χ4v) is 2.24. The van der Waals surface area contributed by atoms with E-state index in [-0.39, 0.29) is 23.8 Å². The van der Waals surface area contributed by atoms with Crippen molar-refractivity contribution in [3.63, 3.8) is 0 Å². The number of Topliss-reactive ketones (excluding diaryl/α,β-unsaturated/α-hetero) is 1. The summed E-state index contributed by atoms with van der Waals surface area (Å²) in [5.74, 6) is -1.93. The van der Waals surface area contributed by atoms with Crippen LogP contribution in [0.5, 0.6) is 0 Å². The van der Waals surface area contributed by atoms with Crippen LogP contribution in [0.2, 0.25) is 0 Å². The molecule has 21 heavy (non-hydrogen) atoms. The summed E-state index contributed by atoms with van der Waals surface area (Å²) >= 11 is 0. The second-order valence-corrected chi connectivity index (χ2v) is 5.18. The molecular formula is C14H14N2O5. The third-order valence-corrected chi connectivity index (χ3v) is 3.41. The molecule has 0 bridgehead atoms. The van der Waals surface area contributed by atoms with Gasteiger partial charge < -0.3 is 14.8 Å². The van der Waals surface area contributed by atoms with Crippen LogP contribution >= 0.6 is 0 Å². The van der Waals surface area contributed by atoms with Crippen LogP contribution in [0.25, 0.3) is 11.1 Å². The Hall–Kier alpha value is -2.41. The molecule has 1 heterocycles. The zero-order valence-corrected chi connectivity index (χ0v) is 11.1. The molecule has 0 saturated heterocycles. The van der Waals surface area contributed by atoms with Gasteiger partial charge in [-0.1, -0.05) is 0 Å². The van der Waals surface area contributed by atoms with Gasteiger partial charge in [0, 0.05) is 11.6 Å². The van der Waals surface area contributed by atoms with E-state index in [2.05, 4.69) is 10.3 Å². The minimum absolute atomic E-state index is 0.215. The number of carboxylic acid groups (broad SMARTS) is 1. The monoisotopic (exact) mass is 290 g/mol. The maximum Gasteiger partial charge on any atom is 0.417 e. The quantitative estimate of drug-likeness (QED) is 0.681. The van der Waals surface area contributed by atoms with Gasteiger partial charge in [-0.05, 0) is 31.0 Å². The SMILES string of the molecule is O=C(O)CC(NC1CC1)C(=O)c1ccc2[nH]c(=O)oc2c1. The molecule has 1 aromatic carbocycles. The van der Waals surface area contributed by atoms with Crippen LogP contribution in [-0.4, -0.2) is 33.9 Å². The molecule has 1 saturated carbocycles. The standard InChI is InChI=1S/C14H14N2O5/c17-12(18)6-10(15-8-2-3-8)13(19)7-1-4-9-11(5-7)21-14(20)16-9/h1,4-5,8,10,15H,2-3,6H2,(H,16,20)(H,17,18). The Morgan fingerprint density at radius 3 is 2.86 bits per heavy atom. The first-order valence-electron chi connectivity index (χ1n) is 6.68. The number of carbonyl (C=O) groups excluding carboxylic acids is 1. The molecule has 0 amide bonds. The molecule has 0 radical (unpaired) electrons. The molecule has 1 atom stereocenters. The smallest absolute Gasteiger partial charge is 0.417 e. The number of aromatic nitrogens is 1. The molecule has 3 N–H and O–H groups in total. The zero-order chi connectivity index (χ0) is 15.0. The Morgan fingerprint density at radius 2 is 2.19 bits per heavy atom. The first kappa shape index (κ1) is 13.6. The molecule has 7 heteroatoms. The summed E-state index contributed by atoms with van der Waals surface area (Å²) in [4.78, 5) is 36.9. The lowest BCUT2D eigenvalue weighted by atomic mass is 10.0. The number of carboxylic acids is 1. The number of hydrogen-bond acceptors (Lipinski definition) is 5. The van der Waals surface area contributed by atoms with E-state index in [0.717, 1.165) is 12.8 Å². The summed E-state index contributed by atoms with van der Waals surface area (Å²) in [5.41, 5.74) is 1.11. The number of ketones is 1. The van der Waals surface area contributed by atoms with Crippen molar-refractivity contribution in [3.05, 3.63) is 34.3 Å². The van der Waals surface area contributed by atoms with E-state index in [1.807, 2.05) is 0 Å². The Morgan fingerprint density at radius 1 is 1.43 bits per heavy atom. The molecule has 1 fully saturated rings. The first-order chi connectivity index (χ1) is 10.0. The van der Waals surface area contributed by atoms with E-state index in [4.69, 9.17) is 9.52 Å². The van der Waals surface area contributed by atoms with Gasteiger partial charge in [-0.3, -0.25) is 14.6 Å². The highest BCUT2D eigenvalue weighted by atomic mass is 16.4. The number of fused-ring (bicyclic) bond motifs is 1. The van der Waals surface area contributed by atoms with Gasteiger partial charge in [0.1, 0.15) is 0 Å². The maximum absolute atomic E-state index is 12.4. The molecule has 1 aliphatic carbocycles. The summed E-state index contributed by atoms with van der Waals surface area (Å²) in [7, 11) is 0. The Kier molecular flexibility index (Phi) is 3.34. The fourth-order valence-electron chi connectivity index (χ4n) is 2.24.